The summed E-state index contributed by atoms with van der Waals surface area (Å²) in [6, 6.07) is 15.4. The number of hydrogen-bond acceptors (Lipinski definition) is 4. The van der Waals surface area contributed by atoms with Crippen molar-refractivity contribution >= 4 is 17.5 Å². The van der Waals surface area contributed by atoms with Gasteiger partial charge >= 0.3 is 0 Å². The van der Waals surface area contributed by atoms with Crippen LogP contribution in [0.4, 0.5) is 5.69 Å². The number of aliphatic hydroxyl groups is 1. The first-order chi connectivity index (χ1) is 13.1. The lowest BCUT2D eigenvalue weighted by atomic mass is 9.97. The maximum absolute atomic E-state index is 12.5. The van der Waals surface area contributed by atoms with Gasteiger partial charge in [0, 0.05) is 18.8 Å². The largest absolute Gasteiger partial charge is 0.497 e. The summed E-state index contributed by atoms with van der Waals surface area (Å²) in [5.74, 6) is 0.117. The summed E-state index contributed by atoms with van der Waals surface area (Å²) in [6.45, 7) is 0.436. The number of likely N-dealkylation sites (tertiary alicyclic amines) is 1. The minimum Gasteiger partial charge on any atom is -0.497 e. The molecule has 2 N–H and O–H groups in total. The molecular weight excluding hydrogens is 344 g/mol. The highest BCUT2D eigenvalue weighted by molar-refractivity contribution is 5.93. The average Bonchev–Trinajstić information content (AvgIpc) is 2.73. The number of carbonyl (C=O) groups excluding carboxylic acids is 2. The minimum absolute atomic E-state index is 0.0976. The number of methoxy groups -OCH3 is 1. The summed E-state index contributed by atoms with van der Waals surface area (Å²) < 4.78 is 5.25. The minimum atomic E-state index is -0.514. The third-order valence-corrected chi connectivity index (χ3v) is 4.84. The van der Waals surface area contributed by atoms with Crippen molar-refractivity contribution in [2.24, 2.45) is 5.92 Å². The molecule has 1 fully saturated rings. The van der Waals surface area contributed by atoms with Gasteiger partial charge in [-0.2, -0.15) is 0 Å². The van der Waals surface area contributed by atoms with Gasteiger partial charge in [-0.25, -0.2) is 0 Å². The summed E-state index contributed by atoms with van der Waals surface area (Å²) in [5.41, 5.74) is 2.79. The second-order valence-electron chi connectivity index (χ2n) is 6.64. The Morgan fingerprint density at radius 2 is 1.96 bits per heavy atom. The molecule has 0 bridgehead atoms. The zero-order valence-corrected chi connectivity index (χ0v) is 15.4. The molecule has 2 amide bonds. The second-order valence-corrected chi connectivity index (χ2v) is 6.64. The number of ether oxygens (including phenoxy) is 1. The van der Waals surface area contributed by atoms with Crippen molar-refractivity contribution in [3.05, 3.63) is 48.5 Å². The molecule has 0 aliphatic carbocycles. The fourth-order valence-corrected chi connectivity index (χ4v) is 3.31. The predicted octanol–water partition coefficient (Wildman–Crippen LogP) is 2.53. The summed E-state index contributed by atoms with van der Waals surface area (Å²) in [5, 5.41) is 11.9. The van der Waals surface area contributed by atoms with Gasteiger partial charge in [-0.1, -0.05) is 24.3 Å². The molecule has 6 heteroatoms. The van der Waals surface area contributed by atoms with Crippen LogP contribution in [0, 0.1) is 5.92 Å². The van der Waals surface area contributed by atoms with Gasteiger partial charge in [0.15, 0.2) is 0 Å². The average molecular weight is 368 g/mol. The number of amides is 2. The van der Waals surface area contributed by atoms with E-state index in [1.165, 1.54) is 0 Å². The monoisotopic (exact) mass is 368 g/mol. The van der Waals surface area contributed by atoms with E-state index in [1.807, 2.05) is 48.5 Å². The fraction of sp³-hybridized carbons (Fsp3) is 0.333. The molecular formula is C21H24N2O4. The van der Waals surface area contributed by atoms with Crippen LogP contribution < -0.4 is 10.1 Å². The quantitative estimate of drug-likeness (QED) is 0.850. The molecule has 2 aromatic rings. The number of anilines is 1. The van der Waals surface area contributed by atoms with Crippen LogP contribution in [-0.2, 0) is 9.59 Å². The molecule has 0 saturated carbocycles. The molecule has 1 aliphatic rings. The highest BCUT2D eigenvalue weighted by Gasteiger charge is 2.28. The molecule has 0 spiro atoms. The van der Waals surface area contributed by atoms with Gasteiger partial charge in [0.25, 0.3) is 0 Å². The van der Waals surface area contributed by atoms with Crippen LogP contribution in [0.1, 0.15) is 12.8 Å². The summed E-state index contributed by atoms with van der Waals surface area (Å²) >= 11 is 0. The summed E-state index contributed by atoms with van der Waals surface area (Å²) in [7, 11) is 1.64. The first kappa shape index (κ1) is 18.9. The van der Waals surface area contributed by atoms with Crippen LogP contribution in [-0.4, -0.2) is 48.6 Å². The van der Waals surface area contributed by atoms with E-state index in [4.69, 9.17) is 9.84 Å². The van der Waals surface area contributed by atoms with Crippen molar-refractivity contribution in [1.82, 2.24) is 4.90 Å². The van der Waals surface area contributed by atoms with E-state index < -0.39 is 6.61 Å². The summed E-state index contributed by atoms with van der Waals surface area (Å²) in [6.07, 6.45) is 1.50. The van der Waals surface area contributed by atoms with Crippen LogP contribution in [0.25, 0.3) is 11.1 Å². The predicted molar refractivity (Wildman–Crippen MR) is 103 cm³/mol. The Morgan fingerprint density at radius 3 is 2.67 bits per heavy atom. The molecule has 0 unspecified atom stereocenters. The Morgan fingerprint density at radius 1 is 1.19 bits per heavy atom. The Labute approximate surface area is 158 Å². The highest BCUT2D eigenvalue weighted by atomic mass is 16.5. The number of piperidine rings is 1. The van der Waals surface area contributed by atoms with Gasteiger partial charge < -0.3 is 20.1 Å². The molecule has 1 saturated heterocycles. The van der Waals surface area contributed by atoms with Crippen LogP contribution in [0.5, 0.6) is 5.75 Å². The maximum Gasteiger partial charge on any atom is 0.248 e. The lowest BCUT2D eigenvalue weighted by Gasteiger charge is -2.31. The van der Waals surface area contributed by atoms with E-state index in [9.17, 15) is 9.59 Å². The first-order valence-corrected chi connectivity index (χ1v) is 9.04. The van der Waals surface area contributed by atoms with Gasteiger partial charge in [0.05, 0.1) is 13.0 Å². The van der Waals surface area contributed by atoms with Crippen molar-refractivity contribution < 1.29 is 19.4 Å². The number of carbonyl (C=O) groups is 2. The van der Waals surface area contributed by atoms with E-state index in [2.05, 4.69) is 5.32 Å². The number of aliphatic hydroxyl groups excluding tert-OH is 1. The number of nitrogens with one attached hydrogen (secondary N) is 1. The first-order valence-electron chi connectivity index (χ1n) is 9.04. The highest BCUT2D eigenvalue weighted by Crippen LogP contribution is 2.25. The van der Waals surface area contributed by atoms with Crippen molar-refractivity contribution in [2.75, 3.05) is 32.1 Å². The number of hydrogen-bond donors (Lipinski definition) is 2. The number of benzene rings is 2. The fourth-order valence-electron chi connectivity index (χ4n) is 3.31. The molecule has 1 heterocycles. The lowest BCUT2D eigenvalue weighted by Crippen LogP contribution is -2.44. The van der Waals surface area contributed by atoms with E-state index in [0.717, 1.165) is 35.4 Å². The van der Waals surface area contributed by atoms with E-state index in [0.29, 0.717) is 13.1 Å². The zero-order valence-electron chi connectivity index (χ0n) is 15.4. The van der Waals surface area contributed by atoms with E-state index in [1.54, 1.807) is 12.0 Å². The van der Waals surface area contributed by atoms with Crippen molar-refractivity contribution in [2.45, 2.75) is 12.8 Å². The van der Waals surface area contributed by atoms with Crippen LogP contribution in [0.15, 0.2) is 48.5 Å². The van der Waals surface area contributed by atoms with E-state index >= 15 is 0 Å². The third-order valence-electron chi connectivity index (χ3n) is 4.84. The molecule has 2 aromatic carbocycles. The van der Waals surface area contributed by atoms with Crippen molar-refractivity contribution in [3.8, 4) is 16.9 Å². The Balaban J connectivity index is 1.64. The SMILES string of the molecule is COc1cccc(-c2ccc(NC(=O)[C@@H]3CCCN(C(=O)CO)C3)cc2)c1. The molecule has 0 radical (unpaired) electrons. The normalized spacial score (nSPS) is 16.7. The molecule has 3 rings (SSSR count). The maximum atomic E-state index is 12.5. The molecule has 142 valence electrons. The van der Waals surface area contributed by atoms with Gasteiger partial charge in [-0.3, -0.25) is 9.59 Å². The second kappa shape index (κ2) is 8.68. The zero-order chi connectivity index (χ0) is 19.2. The smallest absolute Gasteiger partial charge is 0.248 e. The molecule has 0 aromatic heterocycles. The third kappa shape index (κ3) is 4.65. The number of rotatable bonds is 5. The molecule has 27 heavy (non-hydrogen) atoms. The van der Waals surface area contributed by atoms with Gasteiger partial charge in [0.1, 0.15) is 12.4 Å². The lowest BCUT2D eigenvalue weighted by molar-refractivity contribution is -0.137. The van der Waals surface area contributed by atoms with E-state index in [-0.39, 0.29) is 17.7 Å². The Bertz CT molecular complexity index is 804. The molecule has 1 aliphatic heterocycles. The Kier molecular flexibility index (Phi) is 6.08. The molecule has 1 atom stereocenters. The van der Waals surface area contributed by atoms with Crippen LogP contribution in [0.2, 0.25) is 0 Å². The molecule has 6 nitrogen and oxygen atoms in total. The van der Waals surface area contributed by atoms with Gasteiger partial charge in [-0.15, -0.1) is 0 Å². The van der Waals surface area contributed by atoms with Gasteiger partial charge in [0.2, 0.25) is 11.8 Å². The summed E-state index contributed by atoms with van der Waals surface area (Å²) in [4.78, 5) is 25.7. The topological polar surface area (TPSA) is 78.9 Å². The van der Waals surface area contributed by atoms with Crippen LogP contribution in [0.3, 0.4) is 0 Å². The standard InChI is InChI=1S/C21H24N2O4/c1-27-19-6-2-4-16(12-19)15-7-9-18(10-8-15)22-21(26)17-5-3-11-23(13-17)20(25)14-24/h2,4,6-10,12,17,24H,3,5,11,13-14H2,1H3,(H,22,26)/t17-/m1/s1. The van der Waals surface area contributed by atoms with Crippen LogP contribution >= 0.6 is 0 Å². The number of nitrogens with zero attached hydrogens (tertiary/aromatic N) is 1. The van der Waals surface area contributed by atoms with Crippen molar-refractivity contribution in [1.29, 1.82) is 0 Å². The van der Waals surface area contributed by atoms with Crippen molar-refractivity contribution in [3.63, 3.8) is 0 Å². The Hall–Kier alpha value is -2.86. The van der Waals surface area contributed by atoms with Gasteiger partial charge in [-0.05, 0) is 48.2 Å².